The van der Waals surface area contributed by atoms with Crippen LogP contribution >= 0.6 is 27.5 Å². The molecule has 0 saturated carbocycles. The first-order valence-corrected chi connectivity index (χ1v) is 7.13. The second-order valence-corrected chi connectivity index (χ2v) is 5.51. The zero-order chi connectivity index (χ0) is 15.0. The van der Waals surface area contributed by atoms with Crippen molar-refractivity contribution < 1.29 is 9.13 Å². The Morgan fingerprint density at radius 2 is 2.19 bits per heavy atom. The predicted molar refractivity (Wildman–Crippen MR) is 79.7 cm³/mol. The normalized spacial score (nSPS) is 11.0. The maximum atomic E-state index is 13.1. The predicted octanol–water partition coefficient (Wildman–Crippen LogP) is 3.50. The fourth-order valence-electron chi connectivity index (χ4n) is 1.81. The van der Waals surface area contributed by atoms with Crippen molar-refractivity contribution in [3.05, 3.63) is 45.7 Å². The van der Waals surface area contributed by atoms with Crippen LogP contribution < -0.4 is 4.74 Å². The highest BCUT2D eigenvalue weighted by Gasteiger charge is 2.10. The van der Waals surface area contributed by atoms with Crippen LogP contribution in [0, 0.1) is 5.82 Å². The number of rotatable bonds is 3. The molecule has 108 valence electrons. The molecule has 0 aliphatic rings. The molecule has 0 aliphatic carbocycles. The van der Waals surface area contributed by atoms with Crippen molar-refractivity contribution in [2.75, 3.05) is 0 Å². The summed E-state index contributed by atoms with van der Waals surface area (Å²) >= 11 is 9.19. The van der Waals surface area contributed by atoms with Crippen molar-refractivity contribution >= 4 is 38.6 Å². The Hall–Kier alpha value is -1.73. The van der Waals surface area contributed by atoms with E-state index in [0.29, 0.717) is 32.2 Å². The lowest BCUT2D eigenvalue weighted by molar-refractivity contribution is 0.295. The highest BCUT2D eigenvalue weighted by Crippen LogP contribution is 2.23. The third-order valence-corrected chi connectivity index (χ3v) is 3.75. The molecule has 0 atom stereocenters. The van der Waals surface area contributed by atoms with E-state index in [1.807, 2.05) is 0 Å². The molecule has 8 heteroatoms. The summed E-state index contributed by atoms with van der Waals surface area (Å²) in [5.74, 6) is 0.586. The summed E-state index contributed by atoms with van der Waals surface area (Å²) in [4.78, 5) is 8.50. The van der Waals surface area contributed by atoms with Gasteiger partial charge in [0.15, 0.2) is 11.5 Å². The lowest BCUT2D eigenvalue weighted by atomic mass is 10.3. The molecule has 0 fully saturated rings. The van der Waals surface area contributed by atoms with Crippen LogP contribution in [-0.2, 0) is 13.7 Å². The Bertz CT molecular complexity index is 823. The minimum absolute atomic E-state index is 0.124. The number of nitrogens with zero attached hydrogens (tertiary/aromatic N) is 4. The number of ether oxygens (including phenoxy) is 1. The summed E-state index contributed by atoms with van der Waals surface area (Å²) in [7, 11) is 1.77. The molecule has 0 unspecified atom stereocenters. The number of hydrogen-bond donors (Lipinski definition) is 0. The van der Waals surface area contributed by atoms with Crippen LogP contribution in [0.5, 0.6) is 5.75 Å². The Kier molecular flexibility index (Phi) is 3.77. The number of hydrogen-bond acceptors (Lipinski definition) is 4. The first kappa shape index (κ1) is 14.2. The van der Waals surface area contributed by atoms with Gasteiger partial charge in [0.05, 0.1) is 16.1 Å². The van der Waals surface area contributed by atoms with Gasteiger partial charge in [0.25, 0.3) is 0 Å². The number of fused-ring (bicyclic) bond motifs is 1. The fourth-order valence-corrected chi connectivity index (χ4v) is 2.40. The van der Waals surface area contributed by atoms with Gasteiger partial charge in [-0.1, -0.05) is 11.6 Å². The van der Waals surface area contributed by atoms with Crippen molar-refractivity contribution in [2.24, 2.45) is 7.05 Å². The van der Waals surface area contributed by atoms with Crippen LogP contribution in [0.15, 0.2) is 28.9 Å². The molecule has 2 heterocycles. The van der Waals surface area contributed by atoms with E-state index < -0.39 is 0 Å². The molecule has 0 aliphatic heterocycles. The van der Waals surface area contributed by atoms with E-state index in [1.165, 1.54) is 12.1 Å². The SMILES string of the molecule is Cn1ncc2c(Cl)nc(COc3ccc(F)c(Br)c3)nc21. The Labute approximate surface area is 132 Å². The van der Waals surface area contributed by atoms with Gasteiger partial charge in [0.2, 0.25) is 0 Å². The van der Waals surface area contributed by atoms with Gasteiger partial charge in [-0.2, -0.15) is 5.10 Å². The van der Waals surface area contributed by atoms with Crippen LogP contribution in [-0.4, -0.2) is 19.7 Å². The number of halogens is 3. The van der Waals surface area contributed by atoms with Gasteiger partial charge < -0.3 is 4.74 Å². The van der Waals surface area contributed by atoms with Gasteiger partial charge in [-0.15, -0.1) is 0 Å². The summed E-state index contributed by atoms with van der Waals surface area (Å²) in [6.07, 6.45) is 1.61. The van der Waals surface area contributed by atoms with Crippen molar-refractivity contribution in [1.29, 1.82) is 0 Å². The van der Waals surface area contributed by atoms with Crippen LogP contribution in [0.3, 0.4) is 0 Å². The van der Waals surface area contributed by atoms with Crippen LogP contribution in [0.4, 0.5) is 4.39 Å². The average Bonchev–Trinajstić information content (AvgIpc) is 2.83. The molecule has 0 amide bonds. The molecular formula is C13H9BrClFN4O. The van der Waals surface area contributed by atoms with Gasteiger partial charge in [-0.05, 0) is 34.1 Å². The summed E-state index contributed by atoms with van der Waals surface area (Å²) in [6.45, 7) is 0.124. The summed E-state index contributed by atoms with van der Waals surface area (Å²) in [5.41, 5.74) is 0.633. The van der Waals surface area contributed by atoms with E-state index in [2.05, 4.69) is 31.0 Å². The topological polar surface area (TPSA) is 52.8 Å². The Morgan fingerprint density at radius 1 is 1.38 bits per heavy atom. The molecule has 1 aromatic carbocycles. The van der Waals surface area contributed by atoms with E-state index in [4.69, 9.17) is 16.3 Å². The van der Waals surface area contributed by atoms with Crippen molar-refractivity contribution in [3.8, 4) is 5.75 Å². The van der Waals surface area contributed by atoms with Gasteiger partial charge >= 0.3 is 0 Å². The van der Waals surface area contributed by atoms with E-state index in [9.17, 15) is 4.39 Å². The Balaban J connectivity index is 1.84. The molecule has 0 saturated heterocycles. The molecule has 0 bridgehead atoms. The molecule has 5 nitrogen and oxygen atoms in total. The lowest BCUT2D eigenvalue weighted by Crippen LogP contribution is -2.04. The molecule has 0 N–H and O–H groups in total. The Morgan fingerprint density at radius 3 is 2.95 bits per heavy atom. The highest BCUT2D eigenvalue weighted by molar-refractivity contribution is 9.10. The molecule has 3 aromatic rings. The van der Waals surface area contributed by atoms with E-state index in [1.54, 1.807) is 24.0 Å². The zero-order valence-electron chi connectivity index (χ0n) is 10.8. The van der Waals surface area contributed by atoms with Crippen molar-refractivity contribution in [3.63, 3.8) is 0 Å². The molecular weight excluding hydrogens is 363 g/mol. The van der Waals surface area contributed by atoms with Gasteiger partial charge in [-0.3, -0.25) is 4.68 Å². The van der Waals surface area contributed by atoms with E-state index in [-0.39, 0.29) is 12.4 Å². The number of aromatic nitrogens is 4. The summed E-state index contributed by atoms with van der Waals surface area (Å²) in [5, 5.41) is 5.09. The smallest absolute Gasteiger partial charge is 0.170 e. The molecule has 21 heavy (non-hydrogen) atoms. The van der Waals surface area contributed by atoms with E-state index >= 15 is 0 Å². The highest BCUT2D eigenvalue weighted by atomic mass is 79.9. The number of aryl methyl sites for hydroxylation is 1. The maximum Gasteiger partial charge on any atom is 0.170 e. The van der Waals surface area contributed by atoms with Crippen LogP contribution in [0.1, 0.15) is 5.82 Å². The standard InChI is InChI=1S/C13H9BrClFN4O/c1-20-13-8(5-17-20)12(15)18-11(19-13)6-21-7-2-3-10(16)9(14)4-7/h2-5H,6H2,1H3. The monoisotopic (exact) mass is 370 g/mol. The first-order valence-electron chi connectivity index (χ1n) is 5.96. The van der Waals surface area contributed by atoms with Crippen molar-refractivity contribution in [2.45, 2.75) is 6.61 Å². The first-order chi connectivity index (χ1) is 10.0. The summed E-state index contributed by atoms with van der Waals surface area (Å²) < 4.78 is 20.6. The quantitative estimate of drug-likeness (QED) is 0.661. The molecule has 3 rings (SSSR count). The average molecular weight is 372 g/mol. The third-order valence-electron chi connectivity index (χ3n) is 2.85. The van der Waals surface area contributed by atoms with Gasteiger partial charge in [-0.25, -0.2) is 14.4 Å². The molecule has 0 spiro atoms. The van der Waals surface area contributed by atoms with Gasteiger partial charge in [0.1, 0.15) is 23.3 Å². The molecule has 2 aromatic heterocycles. The summed E-state index contributed by atoms with van der Waals surface area (Å²) in [6, 6.07) is 4.39. The van der Waals surface area contributed by atoms with Crippen molar-refractivity contribution in [1.82, 2.24) is 19.7 Å². The van der Waals surface area contributed by atoms with Gasteiger partial charge in [0, 0.05) is 7.05 Å². The largest absolute Gasteiger partial charge is 0.486 e. The molecule has 0 radical (unpaired) electrons. The fraction of sp³-hybridized carbons (Fsp3) is 0.154. The van der Waals surface area contributed by atoms with E-state index in [0.717, 1.165) is 0 Å². The number of benzene rings is 1. The zero-order valence-corrected chi connectivity index (χ0v) is 13.2. The van der Waals surface area contributed by atoms with Crippen LogP contribution in [0.2, 0.25) is 5.15 Å². The second kappa shape index (κ2) is 5.57. The van der Waals surface area contributed by atoms with Crippen LogP contribution in [0.25, 0.3) is 11.0 Å². The maximum absolute atomic E-state index is 13.1. The minimum atomic E-state index is -0.349. The third kappa shape index (κ3) is 2.84. The second-order valence-electron chi connectivity index (χ2n) is 4.30. The lowest BCUT2D eigenvalue weighted by Gasteiger charge is -2.07. The minimum Gasteiger partial charge on any atom is -0.486 e.